The van der Waals surface area contributed by atoms with E-state index in [0.717, 1.165) is 22.6 Å². The second-order valence-corrected chi connectivity index (χ2v) is 4.91. The van der Waals surface area contributed by atoms with Gasteiger partial charge in [0.25, 0.3) is 0 Å². The summed E-state index contributed by atoms with van der Waals surface area (Å²) in [6.45, 7) is 2.03. The van der Waals surface area contributed by atoms with Crippen LogP contribution in [0.15, 0.2) is 29.6 Å². The minimum absolute atomic E-state index is 0.833. The van der Waals surface area contributed by atoms with Gasteiger partial charge in [0.1, 0.15) is 11.5 Å². The minimum Gasteiger partial charge on any atom is -0.496 e. The van der Waals surface area contributed by atoms with Gasteiger partial charge in [-0.15, -0.1) is 11.3 Å². The molecule has 0 unspecified atom stereocenters. The van der Waals surface area contributed by atoms with Crippen molar-refractivity contribution in [3.63, 3.8) is 0 Å². The highest BCUT2D eigenvalue weighted by Gasteiger charge is 2.08. The SMILES string of the molecule is COc1cc(C)cc(OC)c1/C=C/c1cccs1. The van der Waals surface area contributed by atoms with Crippen LogP contribution in [0.25, 0.3) is 12.2 Å². The molecular weight excluding hydrogens is 244 g/mol. The van der Waals surface area contributed by atoms with Crippen molar-refractivity contribution in [2.45, 2.75) is 6.92 Å². The van der Waals surface area contributed by atoms with E-state index >= 15 is 0 Å². The molecular formula is C15H16O2S. The van der Waals surface area contributed by atoms with Gasteiger partial charge in [-0.1, -0.05) is 6.07 Å². The summed E-state index contributed by atoms with van der Waals surface area (Å²) >= 11 is 1.70. The van der Waals surface area contributed by atoms with Gasteiger partial charge in [0, 0.05) is 4.88 Å². The lowest BCUT2D eigenvalue weighted by atomic mass is 10.1. The molecule has 0 amide bonds. The standard InChI is InChI=1S/C15H16O2S/c1-11-9-14(16-2)13(15(10-11)17-3)7-6-12-5-4-8-18-12/h4-10H,1-3H3/b7-6+. The van der Waals surface area contributed by atoms with Gasteiger partial charge < -0.3 is 9.47 Å². The fraction of sp³-hybridized carbons (Fsp3) is 0.200. The number of aryl methyl sites for hydroxylation is 1. The summed E-state index contributed by atoms with van der Waals surface area (Å²) in [5.74, 6) is 1.67. The van der Waals surface area contributed by atoms with Gasteiger partial charge in [-0.2, -0.15) is 0 Å². The highest BCUT2D eigenvalue weighted by molar-refractivity contribution is 7.10. The molecule has 2 nitrogen and oxygen atoms in total. The minimum atomic E-state index is 0.833. The van der Waals surface area contributed by atoms with Crippen LogP contribution in [0.5, 0.6) is 11.5 Å². The Kier molecular flexibility index (Phi) is 4.05. The van der Waals surface area contributed by atoms with Crippen LogP contribution in [-0.4, -0.2) is 14.2 Å². The van der Waals surface area contributed by atoms with Crippen LogP contribution in [0.2, 0.25) is 0 Å². The Hall–Kier alpha value is -1.74. The topological polar surface area (TPSA) is 18.5 Å². The maximum absolute atomic E-state index is 5.41. The van der Waals surface area contributed by atoms with E-state index < -0.39 is 0 Å². The summed E-state index contributed by atoms with van der Waals surface area (Å²) in [6.07, 6.45) is 4.10. The van der Waals surface area contributed by atoms with Crippen LogP contribution in [-0.2, 0) is 0 Å². The van der Waals surface area contributed by atoms with Crippen LogP contribution < -0.4 is 9.47 Å². The Labute approximate surface area is 111 Å². The van der Waals surface area contributed by atoms with E-state index in [4.69, 9.17) is 9.47 Å². The highest BCUT2D eigenvalue weighted by atomic mass is 32.1. The lowest BCUT2D eigenvalue weighted by Gasteiger charge is -2.11. The molecule has 0 fully saturated rings. The average molecular weight is 260 g/mol. The van der Waals surface area contributed by atoms with Crippen LogP contribution >= 0.6 is 11.3 Å². The molecule has 0 radical (unpaired) electrons. The van der Waals surface area contributed by atoms with E-state index in [-0.39, 0.29) is 0 Å². The Morgan fingerprint density at radius 2 is 1.72 bits per heavy atom. The number of methoxy groups -OCH3 is 2. The fourth-order valence-corrected chi connectivity index (χ4v) is 2.40. The lowest BCUT2D eigenvalue weighted by molar-refractivity contribution is 0.392. The molecule has 2 rings (SSSR count). The summed E-state index contributed by atoms with van der Waals surface area (Å²) < 4.78 is 10.8. The fourth-order valence-electron chi connectivity index (χ4n) is 1.79. The number of hydrogen-bond acceptors (Lipinski definition) is 3. The summed E-state index contributed by atoms with van der Waals surface area (Å²) in [5.41, 5.74) is 2.09. The smallest absolute Gasteiger partial charge is 0.130 e. The van der Waals surface area contributed by atoms with Gasteiger partial charge in [0.2, 0.25) is 0 Å². The first-order valence-corrected chi connectivity index (χ1v) is 6.56. The van der Waals surface area contributed by atoms with Crippen molar-refractivity contribution in [2.75, 3.05) is 14.2 Å². The molecule has 0 N–H and O–H groups in total. The molecule has 94 valence electrons. The Balaban J connectivity index is 2.42. The van der Waals surface area contributed by atoms with Crippen LogP contribution in [0.3, 0.4) is 0 Å². The summed E-state index contributed by atoms with van der Waals surface area (Å²) in [7, 11) is 3.35. The normalized spacial score (nSPS) is 10.8. The van der Waals surface area contributed by atoms with Gasteiger partial charge in [-0.3, -0.25) is 0 Å². The van der Waals surface area contributed by atoms with E-state index in [1.54, 1.807) is 25.6 Å². The molecule has 2 aromatic rings. The third-order valence-electron chi connectivity index (χ3n) is 2.65. The van der Waals surface area contributed by atoms with E-state index in [2.05, 4.69) is 17.5 Å². The first-order valence-electron chi connectivity index (χ1n) is 5.69. The number of hydrogen-bond donors (Lipinski definition) is 0. The van der Waals surface area contributed by atoms with Crippen molar-refractivity contribution in [3.05, 3.63) is 45.6 Å². The van der Waals surface area contributed by atoms with Crippen molar-refractivity contribution >= 4 is 23.5 Å². The molecule has 0 atom stereocenters. The average Bonchev–Trinajstić information content (AvgIpc) is 2.89. The van der Waals surface area contributed by atoms with Crippen LogP contribution in [0.1, 0.15) is 16.0 Å². The molecule has 0 aliphatic carbocycles. The van der Waals surface area contributed by atoms with Gasteiger partial charge in [-0.05, 0) is 48.2 Å². The van der Waals surface area contributed by atoms with Crippen molar-refractivity contribution in [1.82, 2.24) is 0 Å². The number of thiophene rings is 1. The Morgan fingerprint density at radius 3 is 2.22 bits per heavy atom. The van der Waals surface area contributed by atoms with E-state index in [9.17, 15) is 0 Å². The molecule has 3 heteroatoms. The quantitative estimate of drug-likeness (QED) is 0.818. The largest absolute Gasteiger partial charge is 0.496 e. The Bertz CT molecular complexity index is 517. The van der Waals surface area contributed by atoms with Gasteiger partial charge in [0.05, 0.1) is 19.8 Å². The molecule has 0 spiro atoms. The molecule has 1 aromatic carbocycles. The zero-order valence-electron chi connectivity index (χ0n) is 10.8. The van der Waals surface area contributed by atoms with E-state index in [1.807, 2.05) is 31.2 Å². The molecule has 0 aliphatic heterocycles. The van der Waals surface area contributed by atoms with Gasteiger partial charge in [-0.25, -0.2) is 0 Å². The Morgan fingerprint density at radius 1 is 1.06 bits per heavy atom. The van der Waals surface area contributed by atoms with E-state index in [1.165, 1.54) is 4.88 Å². The second-order valence-electron chi connectivity index (χ2n) is 3.93. The molecule has 0 saturated heterocycles. The number of ether oxygens (including phenoxy) is 2. The van der Waals surface area contributed by atoms with Gasteiger partial charge >= 0.3 is 0 Å². The van der Waals surface area contributed by atoms with Crippen molar-refractivity contribution in [1.29, 1.82) is 0 Å². The summed E-state index contributed by atoms with van der Waals surface area (Å²) in [5, 5.41) is 2.06. The maximum Gasteiger partial charge on any atom is 0.130 e. The lowest BCUT2D eigenvalue weighted by Crippen LogP contribution is -1.93. The molecule has 18 heavy (non-hydrogen) atoms. The zero-order chi connectivity index (χ0) is 13.0. The molecule has 1 aromatic heterocycles. The maximum atomic E-state index is 5.41. The monoisotopic (exact) mass is 260 g/mol. The van der Waals surface area contributed by atoms with Crippen molar-refractivity contribution in [3.8, 4) is 11.5 Å². The molecule has 0 aliphatic rings. The van der Waals surface area contributed by atoms with Gasteiger partial charge in [0.15, 0.2) is 0 Å². The predicted octanol–water partition coefficient (Wildman–Crippen LogP) is 4.24. The first kappa shape index (κ1) is 12.7. The molecule has 1 heterocycles. The van der Waals surface area contributed by atoms with E-state index in [0.29, 0.717) is 0 Å². The molecule has 0 bridgehead atoms. The summed E-state index contributed by atoms with van der Waals surface area (Å²) in [6, 6.07) is 8.13. The second kappa shape index (κ2) is 5.74. The summed E-state index contributed by atoms with van der Waals surface area (Å²) in [4.78, 5) is 1.21. The number of rotatable bonds is 4. The van der Waals surface area contributed by atoms with Crippen molar-refractivity contribution < 1.29 is 9.47 Å². The number of benzene rings is 1. The van der Waals surface area contributed by atoms with Crippen LogP contribution in [0, 0.1) is 6.92 Å². The molecule has 0 saturated carbocycles. The zero-order valence-corrected chi connectivity index (χ0v) is 11.6. The van der Waals surface area contributed by atoms with Crippen molar-refractivity contribution in [2.24, 2.45) is 0 Å². The first-order chi connectivity index (χ1) is 8.74. The third kappa shape index (κ3) is 2.74. The third-order valence-corrected chi connectivity index (χ3v) is 3.48. The van der Waals surface area contributed by atoms with Crippen LogP contribution in [0.4, 0.5) is 0 Å². The highest BCUT2D eigenvalue weighted by Crippen LogP contribution is 2.32. The predicted molar refractivity (Wildman–Crippen MR) is 77.5 cm³/mol.